The van der Waals surface area contributed by atoms with E-state index in [-0.39, 0.29) is 0 Å². The highest BCUT2D eigenvalue weighted by atomic mass is 14.3. The van der Waals surface area contributed by atoms with Crippen LogP contribution < -0.4 is 0 Å². The lowest BCUT2D eigenvalue weighted by atomic mass is 9.71. The number of hydrogen-bond acceptors (Lipinski definition) is 0. The molecule has 0 nitrogen and oxygen atoms in total. The van der Waals surface area contributed by atoms with Crippen molar-refractivity contribution in [3.63, 3.8) is 0 Å². The van der Waals surface area contributed by atoms with Gasteiger partial charge in [-0.25, -0.2) is 0 Å². The van der Waals surface area contributed by atoms with Gasteiger partial charge in [0.15, 0.2) is 0 Å². The predicted molar refractivity (Wildman–Crippen MR) is 86.0 cm³/mol. The molecule has 2 aromatic carbocycles. The fourth-order valence-corrected chi connectivity index (χ4v) is 4.12. The lowest BCUT2D eigenvalue weighted by molar-refractivity contribution is 0.373. The van der Waals surface area contributed by atoms with Crippen LogP contribution >= 0.6 is 0 Å². The van der Waals surface area contributed by atoms with Crippen molar-refractivity contribution in [1.29, 1.82) is 0 Å². The van der Waals surface area contributed by atoms with Gasteiger partial charge in [-0.2, -0.15) is 0 Å². The Morgan fingerprint density at radius 1 is 0.800 bits per heavy atom. The second kappa shape index (κ2) is 5.09. The van der Waals surface area contributed by atoms with Crippen molar-refractivity contribution in [3.05, 3.63) is 59.7 Å². The number of fused-ring (bicyclic) bond motifs is 2. The Morgan fingerprint density at radius 2 is 1.65 bits per heavy atom. The fourth-order valence-electron chi connectivity index (χ4n) is 4.12. The summed E-state index contributed by atoms with van der Waals surface area (Å²) in [7, 11) is 0. The van der Waals surface area contributed by atoms with E-state index in [9.17, 15) is 0 Å². The Hall–Kier alpha value is -1.56. The van der Waals surface area contributed by atoms with Crippen LogP contribution in [0.2, 0.25) is 0 Å². The Balaban J connectivity index is 1.64. The zero-order chi connectivity index (χ0) is 13.4. The quantitative estimate of drug-likeness (QED) is 0.567. The minimum atomic E-state index is 0.750. The molecule has 2 unspecified atom stereocenters. The van der Waals surface area contributed by atoms with E-state index in [2.05, 4.69) is 48.5 Å². The van der Waals surface area contributed by atoms with Crippen molar-refractivity contribution < 1.29 is 0 Å². The average molecular weight is 262 g/mol. The average Bonchev–Trinajstić information content (AvgIpc) is 2.54. The van der Waals surface area contributed by atoms with Gasteiger partial charge in [-0.05, 0) is 66.7 Å². The van der Waals surface area contributed by atoms with Gasteiger partial charge < -0.3 is 0 Å². The van der Waals surface area contributed by atoms with E-state index in [0.717, 1.165) is 11.8 Å². The topological polar surface area (TPSA) is 0 Å². The smallest absolute Gasteiger partial charge is 0.0124 e. The summed E-state index contributed by atoms with van der Waals surface area (Å²) in [4.78, 5) is 0. The molecule has 2 aliphatic carbocycles. The molecular weight excluding hydrogens is 240 g/mol. The molecule has 0 amide bonds. The first-order chi connectivity index (χ1) is 9.90. The van der Waals surface area contributed by atoms with E-state index in [1.807, 2.05) is 0 Å². The van der Waals surface area contributed by atoms with Crippen molar-refractivity contribution in [3.8, 4) is 0 Å². The third kappa shape index (κ3) is 2.18. The summed E-state index contributed by atoms with van der Waals surface area (Å²) in [6.07, 6.45) is 10.8. The highest BCUT2D eigenvalue weighted by molar-refractivity contribution is 5.83. The number of benzene rings is 2. The van der Waals surface area contributed by atoms with Gasteiger partial charge in [-0.1, -0.05) is 54.1 Å². The van der Waals surface area contributed by atoms with Gasteiger partial charge in [0.2, 0.25) is 0 Å². The summed E-state index contributed by atoms with van der Waals surface area (Å²) in [6, 6.07) is 15.8. The maximum atomic E-state index is 2.54. The van der Waals surface area contributed by atoms with Crippen molar-refractivity contribution in [2.75, 3.05) is 0 Å². The SMILES string of the molecule is C1=C2CC(c3ccc4ccccc4c3)CCC2CCC1. The van der Waals surface area contributed by atoms with E-state index >= 15 is 0 Å². The second-order valence-corrected chi connectivity index (χ2v) is 6.49. The lowest BCUT2D eigenvalue weighted by Crippen LogP contribution is -2.18. The number of hydrogen-bond donors (Lipinski definition) is 0. The van der Waals surface area contributed by atoms with Gasteiger partial charge in [0, 0.05) is 0 Å². The maximum absolute atomic E-state index is 2.54. The molecule has 0 aliphatic heterocycles. The predicted octanol–water partition coefficient (Wildman–Crippen LogP) is 5.83. The number of rotatable bonds is 1. The first-order valence-electron chi connectivity index (χ1n) is 8.08. The van der Waals surface area contributed by atoms with Crippen molar-refractivity contribution >= 4 is 10.8 Å². The molecule has 0 heteroatoms. The molecule has 0 N–H and O–H groups in total. The molecule has 0 heterocycles. The monoisotopic (exact) mass is 262 g/mol. The molecule has 2 atom stereocenters. The molecule has 20 heavy (non-hydrogen) atoms. The lowest BCUT2D eigenvalue weighted by Gasteiger charge is -2.34. The van der Waals surface area contributed by atoms with Crippen LogP contribution in [0.25, 0.3) is 10.8 Å². The molecule has 0 bridgehead atoms. The molecule has 0 spiro atoms. The summed E-state index contributed by atoms with van der Waals surface area (Å²) in [5.41, 5.74) is 3.31. The maximum Gasteiger partial charge on any atom is -0.0124 e. The van der Waals surface area contributed by atoms with Crippen LogP contribution in [0.1, 0.15) is 50.0 Å². The third-order valence-electron chi connectivity index (χ3n) is 5.28. The van der Waals surface area contributed by atoms with Crippen molar-refractivity contribution in [2.24, 2.45) is 5.92 Å². The van der Waals surface area contributed by atoms with Crippen LogP contribution in [0.4, 0.5) is 0 Å². The Morgan fingerprint density at radius 3 is 2.60 bits per heavy atom. The molecule has 2 aliphatic rings. The summed E-state index contributed by atoms with van der Waals surface area (Å²) >= 11 is 0. The summed E-state index contributed by atoms with van der Waals surface area (Å²) in [5, 5.41) is 2.76. The molecule has 2 aromatic rings. The van der Waals surface area contributed by atoms with Crippen LogP contribution in [0.15, 0.2) is 54.1 Å². The van der Waals surface area contributed by atoms with Gasteiger partial charge in [-0.15, -0.1) is 0 Å². The summed E-state index contributed by atoms with van der Waals surface area (Å²) in [6.45, 7) is 0. The van der Waals surface area contributed by atoms with Crippen LogP contribution in [0.3, 0.4) is 0 Å². The Bertz CT molecular complexity index is 650. The third-order valence-corrected chi connectivity index (χ3v) is 5.28. The number of allylic oxidation sites excluding steroid dienone is 2. The van der Waals surface area contributed by atoms with Gasteiger partial charge in [0.1, 0.15) is 0 Å². The zero-order valence-corrected chi connectivity index (χ0v) is 12.0. The van der Waals surface area contributed by atoms with E-state index in [0.29, 0.717) is 0 Å². The van der Waals surface area contributed by atoms with Crippen LogP contribution in [0, 0.1) is 5.92 Å². The van der Waals surface area contributed by atoms with Crippen molar-refractivity contribution in [1.82, 2.24) is 0 Å². The van der Waals surface area contributed by atoms with E-state index in [4.69, 9.17) is 0 Å². The normalized spacial score (nSPS) is 26.1. The van der Waals surface area contributed by atoms with Gasteiger partial charge in [0.25, 0.3) is 0 Å². The highest BCUT2D eigenvalue weighted by Gasteiger charge is 2.27. The first-order valence-corrected chi connectivity index (χ1v) is 8.08. The van der Waals surface area contributed by atoms with E-state index < -0.39 is 0 Å². The van der Waals surface area contributed by atoms with Gasteiger partial charge in [-0.3, -0.25) is 0 Å². The van der Waals surface area contributed by atoms with Gasteiger partial charge >= 0.3 is 0 Å². The molecule has 1 saturated carbocycles. The minimum absolute atomic E-state index is 0.750. The Labute approximate surface area is 121 Å². The van der Waals surface area contributed by atoms with Crippen LogP contribution in [-0.2, 0) is 0 Å². The minimum Gasteiger partial charge on any atom is -0.0850 e. The molecule has 0 aromatic heterocycles. The molecular formula is C20H22. The van der Waals surface area contributed by atoms with Crippen LogP contribution in [0.5, 0.6) is 0 Å². The Kier molecular flexibility index (Phi) is 3.10. The van der Waals surface area contributed by atoms with E-state index in [1.54, 1.807) is 11.1 Å². The largest absolute Gasteiger partial charge is 0.0850 e. The van der Waals surface area contributed by atoms with E-state index in [1.165, 1.54) is 49.3 Å². The molecule has 0 saturated heterocycles. The van der Waals surface area contributed by atoms with Crippen LogP contribution in [-0.4, -0.2) is 0 Å². The highest BCUT2D eigenvalue weighted by Crippen LogP contribution is 2.43. The summed E-state index contributed by atoms with van der Waals surface area (Å²) < 4.78 is 0. The van der Waals surface area contributed by atoms with Gasteiger partial charge in [0.05, 0.1) is 0 Å². The standard InChI is InChI=1S/C20H22/c1-3-7-17-13-19(11-9-15(17)5-1)20-12-10-16-6-2-4-8-18(16)14-20/h1,3,5,7-9,11,13,16,20H,2,4,6,10,12,14H2. The second-order valence-electron chi connectivity index (χ2n) is 6.49. The fraction of sp³-hybridized carbons (Fsp3) is 0.400. The first kappa shape index (κ1) is 12.2. The molecule has 4 rings (SSSR count). The molecule has 102 valence electrons. The molecule has 0 radical (unpaired) electrons. The van der Waals surface area contributed by atoms with Crippen molar-refractivity contribution in [2.45, 2.75) is 44.4 Å². The zero-order valence-electron chi connectivity index (χ0n) is 12.0. The summed E-state index contributed by atoms with van der Waals surface area (Å²) in [5.74, 6) is 1.67. The molecule has 1 fully saturated rings.